The van der Waals surface area contributed by atoms with E-state index >= 15 is 0 Å². The smallest absolute Gasteiger partial charge is 0.0524 e. The van der Waals surface area contributed by atoms with Gasteiger partial charge in [0.05, 0.1) is 6.10 Å². The molecule has 2 saturated heterocycles. The zero-order valence-corrected chi connectivity index (χ0v) is 8.37. The minimum absolute atomic E-state index is 0.140. The van der Waals surface area contributed by atoms with Crippen molar-refractivity contribution < 1.29 is 5.11 Å². The van der Waals surface area contributed by atoms with Gasteiger partial charge in [0, 0.05) is 19.6 Å². The summed E-state index contributed by atoms with van der Waals surface area (Å²) in [5.74, 6) is 1.77. The summed E-state index contributed by atoms with van der Waals surface area (Å²) in [6.07, 6.45) is 0.783. The topological polar surface area (TPSA) is 35.5 Å². The minimum Gasteiger partial charge on any atom is -0.393 e. The van der Waals surface area contributed by atoms with Gasteiger partial charge in [-0.2, -0.15) is 0 Å². The summed E-state index contributed by atoms with van der Waals surface area (Å²) in [5.41, 5.74) is 0. The van der Waals surface area contributed by atoms with Crippen LogP contribution in [0, 0.1) is 11.8 Å². The first-order valence-corrected chi connectivity index (χ1v) is 5.37. The van der Waals surface area contributed by atoms with Crippen LogP contribution in [0.5, 0.6) is 0 Å². The van der Waals surface area contributed by atoms with Gasteiger partial charge >= 0.3 is 0 Å². The summed E-state index contributed by atoms with van der Waals surface area (Å²) in [6, 6.07) is 0. The largest absolute Gasteiger partial charge is 0.393 e. The summed E-state index contributed by atoms with van der Waals surface area (Å²) in [7, 11) is 0. The Balaban J connectivity index is 1.73. The van der Waals surface area contributed by atoms with E-state index in [9.17, 15) is 5.11 Å². The van der Waals surface area contributed by atoms with E-state index in [2.05, 4.69) is 10.2 Å². The summed E-state index contributed by atoms with van der Waals surface area (Å²) in [4.78, 5) is 2.50. The zero-order chi connectivity index (χ0) is 9.26. The Hall–Kier alpha value is -0.120. The van der Waals surface area contributed by atoms with Crippen molar-refractivity contribution in [3.63, 3.8) is 0 Å². The van der Waals surface area contributed by atoms with E-state index in [1.807, 2.05) is 6.92 Å². The molecule has 2 heterocycles. The molecule has 0 radical (unpaired) electrons. The molecule has 0 spiro atoms. The highest BCUT2D eigenvalue weighted by molar-refractivity contribution is 4.91. The number of likely N-dealkylation sites (tertiary alicyclic amines) is 1. The van der Waals surface area contributed by atoms with Crippen LogP contribution < -0.4 is 5.32 Å². The highest BCUT2D eigenvalue weighted by Crippen LogP contribution is 2.26. The lowest BCUT2D eigenvalue weighted by Crippen LogP contribution is -2.28. The molecule has 0 aliphatic carbocycles. The quantitative estimate of drug-likeness (QED) is 0.643. The highest BCUT2D eigenvalue weighted by Gasteiger charge is 2.35. The maximum atomic E-state index is 9.18. The molecule has 3 atom stereocenters. The monoisotopic (exact) mass is 184 g/mol. The lowest BCUT2D eigenvalue weighted by Gasteiger charge is -2.17. The molecule has 2 aliphatic heterocycles. The average molecular weight is 184 g/mol. The molecule has 76 valence electrons. The molecule has 2 fully saturated rings. The van der Waals surface area contributed by atoms with Gasteiger partial charge in [0.1, 0.15) is 0 Å². The third-order valence-corrected chi connectivity index (χ3v) is 3.33. The normalized spacial score (nSPS) is 36.5. The Labute approximate surface area is 80.1 Å². The zero-order valence-electron chi connectivity index (χ0n) is 8.37. The molecule has 0 aromatic rings. The fraction of sp³-hybridized carbons (Fsp3) is 1.00. The van der Waals surface area contributed by atoms with Crippen LogP contribution in [0.4, 0.5) is 0 Å². The van der Waals surface area contributed by atoms with E-state index in [1.165, 1.54) is 26.2 Å². The molecule has 3 heteroatoms. The van der Waals surface area contributed by atoms with Gasteiger partial charge in [-0.3, -0.25) is 0 Å². The molecular weight excluding hydrogens is 164 g/mol. The Kier molecular flexibility index (Phi) is 2.86. The summed E-state index contributed by atoms with van der Waals surface area (Å²) >= 11 is 0. The lowest BCUT2D eigenvalue weighted by atomic mass is 10.0. The van der Waals surface area contributed by atoms with E-state index in [1.54, 1.807) is 0 Å². The standard InChI is InChI=1S/C10H20N2O/c1-8(13)2-3-12-6-9-4-11-5-10(9)7-12/h8-11,13H,2-7H2,1H3. The van der Waals surface area contributed by atoms with Crippen molar-refractivity contribution in [3.05, 3.63) is 0 Å². The molecule has 0 saturated carbocycles. The number of aliphatic hydroxyl groups excluding tert-OH is 1. The average Bonchev–Trinajstić information content (AvgIpc) is 2.58. The summed E-state index contributed by atoms with van der Waals surface area (Å²) in [6.45, 7) is 7.84. The number of nitrogens with zero attached hydrogens (tertiary/aromatic N) is 1. The van der Waals surface area contributed by atoms with Crippen molar-refractivity contribution in [3.8, 4) is 0 Å². The van der Waals surface area contributed by atoms with Crippen molar-refractivity contribution in [1.82, 2.24) is 10.2 Å². The highest BCUT2D eigenvalue weighted by atomic mass is 16.3. The van der Waals surface area contributed by atoms with Crippen LogP contribution >= 0.6 is 0 Å². The predicted octanol–water partition coefficient (Wildman–Crippen LogP) is -0.0915. The fourth-order valence-corrected chi connectivity index (χ4v) is 2.50. The van der Waals surface area contributed by atoms with Crippen molar-refractivity contribution in [1.29, 1.82) is 0 Å². The first-order chi connectivity index (χ1) is 6.25. The first-order valence-electron chi connectivity index (χ1n) is 5.37. The Morgan fingerprint density at radius 1 is 1.38 bits per heavy atom. The van der Waals surface area contributed by atoms with Gasteiger partial charge in [-0.05, 0) is 38.3 Å². The maximum absolute atomic E-state index is 9.18. The molecule has 3 nitrogen and oxygen atoms in total. The van der Waals surface area contributed by atoms with Gasteiger partial charge in [-0.1, -0.05) is 0 Å². The second kappa shape index (κ2) is 3.95. The van der Waals surface area contributed by atoms with Crippen LogP contribution in [0.3, 0.4) is 0 Å². The third-order valence-electron chi connectivity index (χ3n) is 3.33. The van der Waals surface area contributed by atoms with Crippen LogP contribution in [-0.2, 0) is 0 Å². The van der Waals surface area contributed by atoms with E-state index < -0.39 is 0 Å². The minimum atomic E-state index is -0.140. The molecule has 2 N–H and O–H groups in total. The summed E-state index contributed by atoms with van der Waals surface area (Å²) < 4.78 is 0. The molecule has 2 aliphatic rings. The molecule has 2 rings (SSSR count). The molecular formula is C10H20N2O. The number of hydrogen-bond acceptors (Lipinski definition) is 3. The molecule has 3 unspecified atom stereocenters. The second-order valence-corrected chi connectivity index (χ2v) is 4.58. The van der Waals surface area contributed by atoms with Crippen molar-refractivity contribution >= 4 is 0 Å². The Morgan fingerprint density at radius 3 is 2.54 bits per heavy atom. The van der Waals surface area contributed by atoms with Gasteiger partial charge < -0.3 is 15.3 Å². The molecule has 0 bridgehead atoms. The molecule has 0 aromatic heterocycles. The molecule has 0 amide bonds. The molecule has 13 heavy (non-hydrogen) atoms. The van der Waals surface area contributed by atoms with Gasteiger partial charge in [-0.25, -0.2) is 0 Å². The summed E-state index contributed by atoms with van der Waals surface area (Å²) in [5, 5.41) is 12.6. The Morgan fingerprint density at radius 2 is 2.00 bits per heavy atom. The number of aliphatic hydroxyl groups is 1. The van der Waals surface area contributed by atoms with Crippen LogP contribution in [0.1, 0.15) is 13.3 Å². The van der Waals surface area contributed by atoms with Crippen LogP contribution in [0.2, 0.25) is 0 Å². The van der Waals surface area contributed by atoms with Crippen LogP contribution in [0.25, 0.3) is 0 Å². The van der Waals surface area contributed by atoms with Crippen molar-refractivity contribution in [2.75, 3.05) is 32.7 Å². The third kappa shape index (κ3) is 2.22. The van der Waals surface area contributed by atoms with Crippen molar-refractivity contribution in [2.24, 2.45) is 11.8 Å². The number of rotatable bonds is 3. The lowest BCUT2D eigenvalue weighted by molar-refractivity contribution is 0.162. The number of fused-ring (bicyclic) bond motifs is 1. The van der Waals surface area contributed by atoms with Crippen LogP contribution in [0.15, 0.2) is 0 Å². The molecule has 0 aromatic carbocycles. The Bertz CT molecular complexity index is 160. The van der Waals surface area contributed by atoms with Gasteiger partial charge in [0.25, 0.3) is 0 Å². The van der Waals surface area contributed by atoms with Gasteiger partial charge in [0.15, 0.2) is 0 Å². The maximum Gasteiger partial charge on any atom is 0.0524 e. The van der Waals surface area contributed by atoms with E-state index in [0.717, 1.165) is 24.8 Å². The van der Waals surface area contributed by atoms with E-state index in [4.69, 9.17) is 0 Å². The van der Waals surface area contributed by atoms with Crippen LogP contribution in [-0.4, -0.2) is 48.8 Å². The second-order valence-electron chi connectivity index (χ2n) is 4.58. The number of hydrogen-bond donors (Lipinski definition) is 2. The van der Waals surface area contributed by atoms with Crippen molar-refractivity contribution in [2.45, 2.75) is 19.4 Å². The van der Waals surface area contributed by atoms with Gasteiger partial charge in [-0.15, -0.1) is 0 Å². The SMILES string of the molecule is CC(O)CCN1CC2CNCC2C1. The number of nitrogens with one attached hydrogen (secondary N) is 1. The van der Waals surface area contributed by atoms with E-state index in [0.29, 0.717) is 0 Å². The fourth-order valence-electron chi connectivity index (χ4n) is 2.50. The van der Waals surface area contributed by atoms with E-state index in [-0.39, 0.29) is 6.10 Å². The van der Waals surface area contributed by atoms with Gasteiger partial charge in [0.2, 0.25) is 0 Å². The predicted molar refractivity (Wildman–Crippen MR) is 52.6 cm³/mol. The first kappa shape index (κ1) is 9.44.